The van der Waals surface area contributed by atoms with Gasteiger partial charge in [0.25, 0.3) is 0 Å². The Balaban J connectivity index is 1.53. The Morgan fingerprint density at radius 1 is 0.905 bits per heavy atom. The number of rotatable bonds is 4. The van der Waals surface area contributed by atoms with Gasteiger partial charge in [-0.1, -0.05) is 19.3 Å². The molecule has 3 heteroatoms. The van der Waals surface area contributed by atoms with Crippen LogP contribution in [0.2, 0.25) is 0 Å². The zero-order valence-corrected chi connectivity index (χ0v) is 14.0. The molecule has 0 aromatic rings. The minimum atomic E-state index is 0.462. The minimum absolute atomic E-state index is 0.462. The smallest absolute Gasteiger partial charge is 0.0472 e. The summed E-state index contributed by atoms with van der Waals surface area (Å²) in [5, 5.41) is 3.44. The lowest BCUT2D eigenvalue weighted by molar-refractivity contribution is -0.0192. The van der Waals surface area contributed by atoms with Crippen molar-refractivity contribution in [1.29, 1.82) is 0 Å². The topological polar surface area (TPSA) is 24.5 Å². The van der Waals surface area contributed by atoms with Gasteiger partial charge in [-0.2, -0.15) is 0 Å². The summed E-state index contributed by atoms with van der Waals surface area (Å²) in [5.41, 5.74) is 1.20. The third-order valence-electron chi connectivity index (χ3n) is 6.50. The average molecular weight is 294 g/mol. The molecular formula is C18H34N2O. The normalized spacial score (nSPS) is 29.6. The number of nitrogens with zero attached hydrogens (tertiary/aromatic N) is 1. The van der Waals surface area contributed by atoms with E-state index in [1.807, 2.05) is 0 Å². The fourth-order valence-corrected chi connectivity index (χ4v) is 5.03. The highest BCUT2D eigenvalue weighted by atomic mass is 16.5. The molecule has 2 aliphatic heterocycles. The maximum Gasteiger partial charge on any atom is 0.0472 e. The molecule has 122 valence electrons. The van der Waals surface area contributed by atoms with Crippen LogP contribution in [0, 0.1) is 10.8 Å². The van der Waals surface area contributed by atoms with E-state index in [4.69, 9.17) is 4.74 Å². The molecule has 0 bridgehead atoms. The highest BCUT2D eigenvalue weighted by molar-refractivity contribution is 4.92. The summed E-state index contributed by atoms with van der Waals surface area (Å²) in [7, 11) is 2.10. The second-order valence-electron chi connectivity index (χ2n) is 7.98. The minimum Gasteiger partial charge on any atom is -0.381 e. The molecule has 0 unspecified atom stereocenters. The molecular weight excluding hydrogens is 260 g/mol. The third kappa shape index (κ3) is 3.80. The summed E-state index contributed by atoms with van der Waals surface area (Å²) in [6, 6.07) is 0. The van der Waals surface area contributed by atoms with Crippen molar-refractivity contribution in [1.82, 2.24) is 10.2 Å². The van der Waals surface area contributed by atoms with E-state index in [9.17, 15) is 0 Å². The Morgan fingerprint density at radius 3 is 2.19 bits per heavy atom. The van der Waals surface area contributed by atoms with Crippen molar-refractivity contribution in [3.8, 4) is 0 Å². The van der Waals surface area contributed by atoms with Crippen LogP contribution in [0.1, 0.15) is 57.8 Å². The van der Waals surface area contributed by atoms with Gasteiger partial charge >= 0.3 is 0 Å². The van der Waals surface area contributed by atoms with Crippen LogP contribution in [0.4, 0.5) is 0 Å². The molecule has 0 radical (unpaired) electrons. The average Bonchev–Trinajstić information content (AvgIpc) is 2.52. The van der Waals surface area contributed by atoms with E-state index in [0.717, 1.165) is 25.2 Å². The molecule has 0 amide bonds. The first-order valence-corrected chi connectivity index (χ1v) is 9.21. The molecule has 2 saturated heterocycles. The van der Waals surface area contributed by atoms with E-state index in [0.29, 0.717) is 5.41 Å². The summed E-state index contributed by atoms with van der Waals surface area (Å²) in [6.45, 7) is 7.03. The van der Waals surface area contributed by atoms with Gasteiger partial charge in [0, 0.05) is 26.3 Å². The van der Waals surface area contributed by atoms with Crippen LogP contribution in [-0.4, -0.2) is 51.3 Å². The number of likely N-dealkylation sites (tertiary alicyclic amines) is 1. The molecule has 3 rings (SSSR count). The van der Waals surface area contributed by atoms with E-state index < -0.39 is 0 Å². The standard InChI is InChI=1S/C18H34N2O/c1-19-15-18(9-13-21-14-10-18)16-20-11-7-17(8-12-20)5-3-2-4-6-17/h19H,2-16H2,1H3. The molecule has 1 aliphatic carbocycles. The first-order chi connectivity index (χ1) is 10.3. The Labute approximate surface area is 130 Å². The number of hydrogen-bond acceptors (Lipinski definition) is 3. The predicted molar refractivity (Wildman–Crippen MR) is 87.6 cm³/mol. The molecule has 2 heterocycles. The van der Waals surface area contributed by atoms with Crippen LogP contribution < -0.4 is 5.32 Å². The largest absolute Gasteiger partial charge is 0.381 e. The van der Waals surface area contributed by atoms with Crippen molar-refractivity contribution in [2.75, 3.05) is 46.4 Å². The zero-order valence-electron chi connectivity index (χ0n) is 14.0. The summed E-state index contributed by atoms with van der Waals surface area (Å²) < 4.78 is 5.60. The molecule has 0 aromatic carbocycles. The molecule has 0 aromatic heterocycles. The van der Waals surface area contributed by atoms with Gasteiger partial charge in [0.1, 0.15) is 0 Å². The van der Waals surface area contributed by atoms with Gasteiger partial charge in [-0.05, 0) is 69.5 Å². The van der Waals surface area contributed by atoms with Crippen molar-refractivity contribution in [3.63, 3.8) is 0 Å². The quantitative estimate of drug-likeness (QED) is 0.862. The Bertz CT molecular complexity index is 304. The monoisotopic (exact) mass is 294 g/mol. The van der Waals surface area contributed by atoms with Crippen LogP contribution in [0.5, 0.6) is 0 Å². The molecule has 0 atom stereocenters. The van der Waals surface area contributed by atoms with Gasteiger partial charge in [0.15, 0.2) is 0 Å². The van der Waals surface area contributed by atoms with Gasteiger partial charge in [-0.3, -0.25) is 0 Å². The van der Waals surface area contributed by atoms with Crippen molar-refractivity contribution in [2.24, 2.45) is 10.8 Å². The Kier molecular flexibility index (Phi) is 5.23. The maximum absolute atomic E-state index is 5.60. The third-order valence-corrected chi connectivity index (χ3v) is 6.50. The van der Waals surface area contributed by atoms with E-state index >= 15 is 0 Å². The SMILES string of the molecule is CNCC1(CN2CCC3(CCCCC3)CC2)CCOCC1. The first-order valence-electron chi connectivity index (χ1n) is 9.21. The van der Waals surface area contributed by atoms with Crippen LogP contribution in [0.3, 0.4) is 0 Å². The van der Waals surface area contributed by atoms with Gasteiger partial charge in [0.2, 0.25) is 0 Å². The number of ether oxygens (including phenoxy) is 1. The predicted octanol–water partition coefficient (Wildman–Crippen LogP) is 3.05. The molecule has 3 fully saturated rings. The lowest BCUT2D eigenvalue weighted by Gasteiger charge is -2.47. The van der Waals surface area contributed by atoms with E-state index in [-0.39, 0.29) is 0 Å². The summed E-state index contributed by atoms with van der Waals surface area (Å²) in [4.78, 5) is 2.77. The van der Waals surface area contributed by atoms with Gasteiger partial charge in [-0.15, -0.1) is 0 Å². The number of hydrogen-bond donors (Lipinski definition) is 1. The van der Waals surface area contributed by atoms with Gasteiger partial charge in [-0.25, -0.2) is 0 Å². The number of piperidine rings is 1. The first kappa shape index (κ1) is 15.8. The fraction of sp³-hybridized carbons (Fsp3) is 1.00. The van der Waals surface area contributed by atoms with Crippen molar-refractivity contribution >= 4 is 0 Å². The van der Waals surface area contributed by atoms with Crippen LogP contribution in [0.25, 0.3) is 0 Å². The molecule has 21 heavy (non-hydrogen) atoms. The summed E-state index contributed by atoms with van der Waals surface area (Å²) in [6.07, 6.45) is 12.9. The van der Waals surface area contributed by atoms with Gasteiger partial charge < -0.3 is 15.0 Å². The Hall–Kier alpha value is -0.120. The summed E-state index contributed by atoms with van der Waals surface area (Å²) in [5.74, 6) is 0. The highest BCUT2D eigenvalue weighted by Crippen LogP contribution is 2.45. The van der Waals surface area contributed by atoms with Crippen molar-refractivity contribution in [3.05, 3.63) is 0 Å². The highest BCUT2D eigenvalue weighted by Gasteiger charge is 2.39. The lowest BCUT2D eigenvalue weighted by atomic mass is 9.68. The number of nitrogens with one attached hydrogen (secondary N) is 1. The second-order valence-corrected chi connectivity index (χ2v) is 7.98. The summed E-state index contributed by atoms with van der Waals surface area (Å²) >= 11 is 0. The lowest BCUT2D eigenvalue weighted by Crippen LogP contribution is -2.50. The van der Waals surface area contributed by atoms with Crippen LogP contribution in [0.15, 0.2) is 0 Å². The second kappa shape index (κ2) is 6.97. The van der Waals surface area contributed by atoms with Gasteiger partial charge in [0.05, 0.1) is 0 Å². The Morgan fingerprint density at radius 2 is 1.57 bits per heavy atom. The van der Waals surface area contributed by atoms with Crippen molar-refractivity contribution < 1.29 is 4.74 Å². The zero-order chi connectivity index (χ0) is 14.6. The van der Waals surface area contributed by atoms with Crippen LogP contribution in [-0.2, 0) is 4.74 Å². The van der Waals surface area contributed by atoms with Crippen molar-refractivity contribution in [2.45, 2.75) is 57.8 Å². The fourth-order valence-electron chi connectivity index (χ4n) is 5.03. The van der Waals surface area contributed by atoms with E-state index in [1.54, 1.807) is 0 Å². The van der Waals surface area contributed by atoms with E-state index in [1.165, 1.54) is 77.4 Å². The maximum atomic E-state index is 5.60. The molecule has 3 aliphatic rings. The van der Waals surface area contributed by atoms with E-state index in [2.05, 4.69) is 17.3 Å². The van der Waals surface area contributed by atoms with Crippen LogP contribution >= 0.6 is 0 Å². The molecule has 1 saturated carbocycles. The molecule has 3 nitrogen and oxygen atoms in total. The molecule has 1 spiro atoms. The molecule has 1 N–H and O–H groups in total.